The van der Waals surface area contributed by atoms with Gasteiger partial charge >= 0.3 is 5.97 Å². The van der Waals surface area contributed by atoms with E-state index in [1.54, 1.807) is 23.7 Å². The van der Waals surface area contributed by atoms with Crippen molar-refractivity contribution in [3.63, 3.8) is 0 Å². The molecule has 2 aromatic carbocycles. The number of methoxy groups -OCH3 is 1. The number of hydrogen-bond donors (Lipinski definition) is 2. The van der Waals surface area contributed by atoms with Crippen molar-refractivity contribution in [1.82, 2.24) is 9.88 Å². The SMILES string of the molecule is CCCC(C(=O)O)c1ccc(C2(NC(=O)c3cc4c(Cl)c(Cl)c(OC)cc4n3C)COC2)cc1. The number of rotatable bonds is 8. The Labute approximate surface area is 207 Å². The Morgan fingerprint density at radius 3 is 2.41 bits per heavy atom. The summed E-state index contributed by atoms with van der Waals surface area (Å²) < 4.78 is 12.5. The van der Waals surface area contributed by atoms with Crippen molar-refractivity contribution in [2.75, 3.05) is 20.3 Å². The number of hydrogen-bond acceptors (Lipinski definition) is 4. The van der Waals surface area contributed by atoms with Gasteiger partial charge in [0.1, 0.15) is 22.0 Å². The van der Waals surface area contributed by atoms with Crippen molar-refractivity contribution in [3.8, 4) is 5.75 Å². The van der Waals surface area contributed by atoms with Crippen LogP contribution in [0.25, 0.3) is 10.9 Å². The molecular weight excluding hydrogens is 479 g/mol. The summed E-state index contributed by atoms with van der Waals surface area (Å²) in [4.78, 5) is 25.0. The molecule has 3 aromatic rings. The fraction of sp³-hybridized carbons (Fsp3) is 0.360. The molecule has 0 bridgehead atoms. The molecule has 2 heterocycles. The van der Waals surface area contributed by atoms with E-state index in [9.17, 15) is 14.7 Å². The van der Waals surface area contributed by atoms with Crippen LogP contribution in [0.1, 0.15) is 47.3 Å². The fourth-order valence-corrected chi connectivity index (χ4v) is 4.88. The van der Waals surface area contributed by atoms with Crippen molar-refractivity contribution in [3.05, 3.63) is 63.3 Å². The molecule has 9 heteroatoms. The minimum absolute atomic E-state index is 0.286. The molecule has 4 rings (SSSR count). The highest BCUT2D eigenvalue weighted by Gasteiger charge is 2.42. The Morgan fingerprint density at radius 2 is 1.88 bits per heavy atom. The number of aryl methyl sites for hydroxylation is 1. The van der Waals surface area contributed by atoms with Crippen molar-refractivity contribution in [2.24, 2.45) is 7.05 Å². The van der Waals surface area contributed by atoms with E-state index in [0.29, 0.717) is 46.5 Å². The topological polar surface area (TPSA) is 89.8 Å². The number of carbonyl (C=O) groups excluding carboxylic acids is 1. The monoisotopic (exact) mass is 504 g/mol. The maximum Gasteiger partial charge on any atom is 0.310 e. The van der Waals surface area contributed by atoms with Crippen molar-refractivity contribution >= 4 is 46.0 Å². The first kappa shape index (κ1) is 24.4. The zero-order chi connectivity index (χ0) is 24.6. The second-order valence-electron chi connectivity index (χ2n) is 8.56. The molecule has 0 radical (unpaired) electrons. The van der Waals surface area contributed by atoms with Gasteiger partial charge in [0, 0.05) is 18.5 Å². The van der Waals surface area contributed by atoms with Gasteiger partial charge < -0.3 is 24.5 Å². The maximum atomic E-state index is 13.3. The van der Waals surface area contributed by atoms with Crippen LogP contribution in [0.5, 0.6) is 5.75 Å². The second-order valence-corrected chi connectivity index (χ2v) is 9.31. The molecule has 0 saturated carbocycles. The van der Waals surface area contributed by atoms with Gasteiger partial charge in [0.25, 0.3) is 5.91 Å². The van der Waals surface area contributed by atoms with E-state index in [0.717, 1.165) is 23.1 Å². The average molecular weight is 505 g/mol. The van der Waals surface area contributed by atoms with E-state index in [-0.39, 0.29) is 5.91 Å². The number of aliphatic carboxylic acids is 1. The summed E-state index contributed by atoms with van der Waals surface area (Å²) in [6, 6.07) is 10.8. The normalized spacial score (nSPS) is 15.6. The molecule has 0 aliphatic carbocycles. The number of fused-ring (bicyclic) bond motifs is 1. The predicted molar refractivity (Wildman–Crippen MR) is 131 cm³/mol. The summed E-state index contributed by atoms with van der Waals surface area (Å²) in [5, 5.41) is 13.9. The first-order chi connectivity index (χ1) is 16.2. The molecule has 34 heavy (non-hydrogen) atoms. The lowest BCUT2D eigenvalue weighted by molar-refractivity contribution is -0.139. The smallest absolute Gasteiger partial charge is 0.310 e. The average Bonchev–Trinajstić information content (AvgIpc) is 3.13. The lowest BCUT2D eigenvalue weighted by Gasteiger charge is -2.42. The highest BCUT2D eigenvalue weighted by Crippen LogP contribution is 2.40. The third-order valence-corrected chi connectivity index (χ3v) is 7.30. The first-order valence-electron chi connectivity index (χ1n) is 11.0. The van der Waals surface area contributed by atoms with E-state index < -0.39 is 17.4 Å². The van der Waals surface area contributed by atoms with Gasteiger partial charge in [0.15, 0.2) is 0 Å². The third-order valence-electron chi connectivity index (χ3n) is 6.44. The van der Waals surface area contributed by atoms with Gasteiger partial charge in [-0.1, -0.05) is 60.8 Å². The fourth-order valence-electron chi connectivity index (χ4n) is 4.40. The van der Waals surface area contributed by atoms with Gasteiger partial charge in [-0.3, -0.25) is 9.59 Å². The Morgan fingerprint density at radius 1 is 1.21 bits per heavy atom. The second kappa shape index (κ2) is 9.49. The first-order valence-corrected chi connectivity index (χ1v) is 11.7. The highest BCUT2D eigenvalue weighted by molar-refractivity contribution is 6.46. The predicted octanol–water partition coefficient (Wildman–Crippen LogP) is 5.12. The number of nitrogens with one attached hydrogen (secondary N) is 1. The number of carboxylic acid groups (broad SMARTS) is 1. The molecule has 2 N–H and O–H groups in total. The highest BCUT2D eigenvalue weighted by atomic mass is 35.5. The largest absolute Gasteiger partial charge is 0.495 e. The number of nitrogens with zero attached hydrogens (tertiary/aromatic N) is 1. The summed E-state index contributed by atoms with van der Waals surface area (Å²) in [5.74, 6) is -1.24. The quantitative estimate of drug-likeness (QED) is 0.444. The Balaban J connectivity index is 1.63. The molecular formula is C25H26Cl2N2O5. The van der Waals surface area contributed by atoms with Gasteiger partial charge in [0.05, 0.1) is 36.8 Å². The van der Waals surface area contributed by atoms with Crippen LogP contribution in [-0.2, 0) is 22.1 Å². The van der Waals surface area contributed by atoms with E-state index in [2.05, 4.69) is 5.32 Å². The van der Waals surface area contributed by atoms with Gasteiger partial charge in [-0.2, -0.15) is 0 Å². The van der Waals surface area contributed by atoms with Crippen LogP contribution in [0.15, 0.2) is 36.4 Å². The third kappa shape index (κ3) is 4.13. The molecule has 1 saturated heterocycles. The van der Waals surface area contributed by atoms with Gasteiger partial charge in [-0.25, -0.2) is 0 Å². The van der Waals surface area contributed by atoms with Crippen LogP contribution >= 0.6 is 23.2 Å². The summed E-state index contributed by atoms with van der Waals surface area (Å²) in [7, 11) is 3.28. The number of carboxylic acids is 1. The van der Waals surface area contributed by atoms with Gasteiger partial charge in [-0.05, 0) is 23.6 Å². The number of halogens is 2. The number of carbonyl (C=O) groups is 2. The van der Waals surface area contributed by atoms with Gasteiger partial charge in [-0.15, -0.1) is 0 Å². The van der Waals surface area contributed by atoms with Crippen LogP contribution in [0.4, 0.5) is 0 Å². The van der Waals surface area contributed by atoms with E-state index >= 15 is 0 Å². The van der Waals surface area contributed by atoms with Crippen LogP contribution in [0, 0.1) is 0 Å². The summed E-state index contributed by atoms with van der Waals surface area (Å²) in [5.41, 5.74) is 2.04. The molecule has 1 aliphatic heterocycles. The van der Waals surface area contributed by atoms with E-state index in [1.165, 1.54) is 7.11 Å². The number of benzene rings is 2. The van der Waals surface area contributed by atoms with Crippen molar-refractivity contribution in [2.45, 2.75) is 31.2 Å². The Bertz CT molecular complexity index is 1250. The molecule has 1 fully saturated rings. The molecule has 7 nitrogen and oxygen atoms in total. The summed E-state index contributed by atoms with van der Waals surface area (Å²) in [6.07, 6.45) is 1.34. The molecule has 1 unspecified atom stereocenters. The van der Waals surface area contributed by atoms with E-state index in [1.807, 2.05) is 31.2 Å². The number of aromatic nitrogens is 1. The number of amides is 1. The molecule has 180 valence electrons. The minimum atomic E-state index is -0.837. The summed E-state index contributed by atoms with van der Waals surface area (Å²) in [6.45, 7) is 2.60. The van der Waals surface area contributed by atoms with E-state index in [4.69, 9.17) is 32.7 Å². The molecule has 1 amide bonds. The van der Waals surface area contributed by atoms with Gasteiger partial charge in [0.2, 0.25) is 0 Å². The maximum absolute atomic E-state index is 13.3. The number of ether oxygens (including phenoxy) is 2. The molecule has 1 aromatic heterocycles. The zero-order valence-corrected chi connectivity index (χ0v) is 20.7. The lowest BCUT2D eigenvalue weighted by Crippen LogP contribution is -2.59. The van der Waals surface area contributed by atoms with Crippen molar-refractivity contribution < 1.29 is 24.2 Å². The minimum Gasteiger partial charge on any atom is -0.495 e. The molecule has 1 aliphatic rings. The van der Waals surface area contributed by atoms with Crippen LogP contribution < -0.4 is 10.1 Å². The summed E-state index contributed by atoms with van der Waals surface area (Å²) >= 11 is 12.7. The molecule has 1 atom stereocenters. The van der Waals surface area contributed by atoms with Crippen molar-refractivity contribution in [1.29, 1.82) is 0 Å². The molecule has 0 spiro atoms. The van der Waals surface area contributed by atoms with Crippen LogP contribution in [0.2, 0.25) is 10.0 Å². The standard InChI is InChI=1S/C25H26Cl2N2O5/c1-4-5-16(24(31)32)14-6-8-15(9-7-14)25(12-34-13-25)28-23(30)19-10-17-18(29(19)2)11-20(33-3)22(27)21(17)26/h6-11,16H,4-5,12-13H2,1-3H3,(H,28,30)(H,31,32). The van der Waals surface area contributed by atoms with Crippen LogP contribution in [0.3, 0.4) is 0 Å². The van der Waals surface area contributed by atoms with Crippen LogP contribution in [-0.4, -0.2) is 41.9 Å². The Kier molecular flexibility index (Phi) is 6.80. The lowest BCUT2D eigenvalue weighted by atomic mass is 9.85. The zero-order valence-electron chi connectivity index (χ0n) is 19.2. The Hall–Kier alpha value is -2.74.